The Labute approximate surface area is 102 Å². The minimum Gasteiger partial charge on any atom is -0.360 e. The molecule has 5 heteroatoms. The van der Waals surface area contributed by atoms with Gasteiger partial charge in [-0.25, -0.2) is 0 Å². The normalized spacial score (nSPS) is 24.1. The van der Waals surface area contributed by atoms with Crippen LogP contribution in [0.4, 0.5) is 0 Å². The highest BCUT2D eigenvalue weighted by molar-refractivity contribution is 7.80. The number of piperidine rings is 1. The lowest BCUT2D eigenvalue weighted by atomic mass is 10.0. The average Bonchev–Trinajstić information content (AvgIpc) is 2.66. The van der Waals surface area contributed by atoms with Gasteiger partial charge in [0.15, 0.2) is 10.9 Å². The predicted octanol–water partition coefficient (Wildman–Crippen LogP) is 1.11. The number of hydrogen-bond acceptors (Lipinski definition) is 3. The SMILES string of the molecule is CC(C)NC(=S)N1CCC2(CC1)OCCO2. The quantitative estimate of drug-likeness (QED) is 0.699. The Morgan fingerprint density at radius 2 is 1.81 bits per heavy atom. The number of ether oxygens (including phenoxy) is 2. The van der Waals surface area contributed by atoms with E-state index in [1.165, 1.54) is 0 Å². The Morgan fingerprint density at radius 1 is 1.25 bits per heavy atom. The van der Waals surface area contributed by atoms with Gasteiger partial charge in [0.2, 0.25) is 0 Å². The Morgan fingerprint density at radius 3 is 2.31 bits per heavy atom. The van der Waals surface area contributed by atoms with E-state index in [9.17, 15) is 0 Å². The molecule has 0 aromatic heterocycles. The molecule has 4 nitrogen and oxygen atoms in total. The fourth-order valence-electron chi connectivity index (χ4n) is 2.17. The van der Waals surface area contributed by atoms with Crippen molar-refractivity contribution in [2.45, 2.75) is 38.5 Å². The molecule has 0 atom stereocenters. The largest absolute Gasteiger partial charge is 0.360 e. The van der Waals surface area contributed by atoms with Crippen molar-refractivity contribution < 1.29 is 9.47 Å². The molecule has 2 rings (SSSR count). The van der Waals surface area contributed by atoms with Gasteiger partial charge >= 0.3 is 0 Å². The van der Waals surface area contributed by atoms with Crippen molar-refractivity contribution in [3.05, 3.63) is 0 Å². The van der Waals surface area contributed by atoms with Gasteiger partial charge in [-0.2, -0.15) is 0 Å². The van der Waals surface area contributed by atoms with Crippen molar-refractivity contribution in [1.82, 2.24) is 10.2 Å². The molecule has 16 heavy (non-hydrogen) atoms. The fraction of sp³-hybridized carbons (Fsp3) is 0.909. The molecular formula is C11H20N2O2S. The lowest BCUT2D eigenvalue weighted by Gasteiger charge is -2.39. The van der Waals surface area contributed by atoms with Crippen LogP contribution >= 0.6 is 12.2 Å². The fourth-order valence-corrected chi connectivity index (χ4v) is 2.59. The lowest BCUT2D eigenvalue weighted by Crippen LogP contribution is -2.51. The van der Waals surface area contributed by atoms with Crippen LogP contribution in [0.2, 0.25) is 0 Å². The summed E-state index contributed by atoms with van der Waals surface area (Å²) in [6, 6.07) is 0.391. The first-order valence-electron chi connectivity index (χ1n) is 5.95. The van der Waals surface area contributed by atoms with Gasteiger partial charge in [0.1, 0.15) is 0 Å². The summed E-state index contributed by atoms with van der Waals surface area (Å²) in [6.07, 6.45) is 1.82. The third kappa shape index (κ3) is 2.64. The van der Waals surface area contributed by atoms with Gasteiger partial charge in [-0.1, -0.05) is 0 Å². The molecule has 0 saturated carbocycles. The van der Waals surface area contributed by atoms with E-state index in [1.54, 1.807) is 0 Å². The number of nitrogens with zero attached hydrogens (tertiary/aromatic N) is 1. The van der Waals surface area contributed by atoms with Gasteiger partial charge in [0.05, 0.1) is 13.2 Å². The second kappa shape index (κ2) is 4.85. The van der Waals surface area contributed by atoms with Crippen LogP contribution in [-0.4, -0.2) is 48.1 Å². The lowest BCUT2D eigenvalue weighted by molar-refractivity contribution is -0.180. The Balaban J connectivity index is 1.82. The molecule has 1 spiro atoms. The predicted molar refractivity (Wildman–Crippen MR) is 66.3 cm³/mol. The van der Waals surface area contributed by atoms with Crippen molar-refractivity contribution in [3.63, 3.8) is 0 Å². The average molecular weight is 244 g/mol. The molecule has 2 heterocycles. The molecule has 2 aliphatic rings. The number of thiocarbonyl (C=S) groups is 1. The van der Waals surface area contributed by atoms with E-state index in [2.05, 4.69) is 24.1 Å². The highest BCUT2D eigenvalue weighted by Gasteiger charge is 2.40. The zero-order valence-electron chi connectivity index (χ0n) is 9.99. The number of likely N-dealkylation sites (tertiary alicyclic amines) is 1. The smallest absolute Gasteiger partial charge is 0.171 e. The summed E-state index contributed by atoms with van der Waals surface area (Å²) in [5.41, 5.74) is 0. The van der Waals surface area contributed by atoms with Gasteiger partial charge in [0.25, 0.3) is 0 Å². The molecule has 0 amide bonds. The van der Waals surface area contributed by atoms with Gasteiger partial charge in [-0.05, 0) is 26.1 Å². The Kier molecular flexibility index (Phi) is 3.66. The number of rotatable bonds is 1. The van der Waals surface area contributed by atoms with Gasteiger partial charge in [0, 0.05) is 32.0 Å². The van der Waals surface area contributed by atoms with Crippen LogP contribution in [0.5, 0.6) is 0 Å². The van der Waals surface area contributed by atoms with E-state index in [1.807, 2.05) is 0 Å². The van der Waals surface area contributed by atoms with Crippen molar-refractivity contribution in [1.29, 1.82) is 0 Å². The zero-order chi connectivity index (χ0) is 11.6. The summed E-state index contributed by atoms with van der Waals surface area (Å²) in [5, 5.41) is 4.12. The summed E-state index contributed by atoms with van der Waals surface area (Å²) < 4.78 is 11.4. The highest BCUT2D eigenvalue weighted by Crippen LogP contribution is 2.31. The molecule has 2 saturated heterocycles. The minimum atomic E-state index is -0.302. The molecule has 0 unspecified atom stereocenters. The zero-order valence-corrected chi connectivity index (χ0v) is 10.8. The topological polar surface area (TPSA) is 33.7 Å². The third-order valence-electron chi connectivity index (χ3n) is 3.04. The first-order valence-corrected chi connectivity index (χ1v) is 6.35. The molecule has 2 fully saturated rings. The monoisotopic (exact) mass is 244 g/mol. The standard InChI is InChI=1S/C11H20N2O2S/c1-9(2)12-10(16)13-5-3-11(4-6-13)14-7-8-15-11/h9H,3-8H2,1-2H3,(H,12,16). The molecule has 92 valence electrons. The van der Waals surface area contributed by atoms with Crippen molar-refractivity contribution in [2.75, 3.05) is 26.3 Å². The van der Waals surface area contributed by atoms with E-state index in [0.29, 0.717) is 6.04 Å². The van der Waals surface area contributed by atoms with Gasteiger partial charge in [-0.15, -0.1) is 0 Å². The van der Waals surface area contributed by atoms with Crippen LogP contribution in [-0.2, 0) is 9.47 Å². The minimum absolute atomic E-state index is 0.302. The summed E-state index contributed by atoms with van der Waals surface area (Å²) in [6.45, 7) is 7.49. The van der Waals surface area contributed by atoms with E-state index >= 15 is 0 Å². The van der Waals surface area contributed by atoms with Gasteiger partial charge < -0.3 is 19.7 Å². The maximum Gasteiger partial charge on any atom is 0.171 e. The van der Waals surface area contributed by atoms with Gasteiger partial charge in [-0.3, -0.25) is 0 Å². The van der Waals surface area contributed by atoms with Crippen LogP contribution in [0.1, 0.15) is 26.7 Å². The highest BCUT2D eigenvalue weighted by atomic mass is 32.1. The third-order valence-corrected chi connectivity index (χ3v) is 3.41. The van der Waals surface area contributed by atoms with Crippen molar-refractivity contribution in [3.8, 4) is 0 Å². The molecule has 0 aromatic carbocycles. The first-order chi connectivity index (χ1) is 7.61. The maximum absolute atomic E-state index is 5.68. The van der Waals surface area contributed by atoms with Crippen molar-refractivity contribution in [2.24, 2.45) is 0 Å². The Bertz CT molecular complexity index is 255. The van der Waals surface area contributed by atoms with Crippen LogP contribution in [0.3, 0.4) is 0 Å². The van der Waals surface area contributed by atoms with E-state index in [4.69, 9.17) is 21.7 Å². The summed E-state index contributed by atoms with van der Waals surface area (Å²) in [5.74, 6) is -0.302. The number of hydrogen-bond donors (Lipinski definition) is 1. The molecule has 0 aliphatic carbocycles. The van der Waals surface area contributed by atoms with Crippen LogP contribution in [0.25, 0.3) is 0 Å². The van der Waals surface area contributed by atoms with E-state index in [0.717, 1.165) is 44.3 Å². The molecule has 2 aliphatic heterocycles. The summed E-state index contributed by atoms with van der Waals surface area (Å²) >= 11 is 5.35. The molecule has 0 radical (unpaired) electrons. The molecule has 0 bridgehead atoms. The molecule has 1 N–H and O–H groups in total. The summed E-state index contributed by atoms with van der Waals surface area (Å²) in [4.78, 5) is 2.20. The molecular weight excluding hydrogens is 224 g/mol. The first kappa shape index (κ1) is 12.1. The van der Waals surface area contributed by atoms with Crippen molar-refractivity contribution >= 4 is 17.3 Å². The summed E-state index contributed by atoms with van der Waals surface area (Å²) in [7, 11) is 0. The number of nitrogens with one attached hydrogen (secondary N) is 1. The Hall–Kier alpha value is -0.390. The van der Waals surface area contributed by atoms with Crippen LogP contribution in [0.15, 0.2) is 0 Å². The van der Waals surface area contributed by atoms with E-state index < -0.39 is 0 Å². The van der Waals surface area contributed by atoms with Crippen LogP contribution in [0, 0.1) is 0 Å². The second-order valence-corrected chi connectivity index (χ2v) is 5.09. The van der Waals surface area contributed by atoms with Crippen LogP contribution < -0.4 is 5.32 Å². The molecule has 0 aromatic rings. The second-order valence-electron chi connectivity index (χ2n) is 4.70. The maximum atomic E-state index is 5.68. The van der Waals surface area contributed by atoms with E-state index in [-0.39, 0.29) is 5.79 Å².